The first-order chi connectivity index (χ1) is 6.68. The molecule has 0 atom stereocenters. The van der Waals surface area contributed by atoms with Gasteiger partial charge in [-0.3, -0.25) is 0 Å². The molecule has 0 heterocycles. The molecule has 74 valence electrons. The van der Waals surface area contributed by atoms with E-state index in [0.717, 1.165) is 5.56 Å². The average Bonchev–Trinajstić information content (AvgIpc) is 2.16. The van der Waals surface area contributed by atoms with Crippen LogP contribution in [0.15, 0.2) is 30.3 Å². The highest BCUT2D eigenvalue weighted by Crippen LogP contribution is 2.01. The maximum Gasteiger partial charge on any atom is 0.404 e. The van der Waals surface area contributed by atoms with Crippen molar-refractivity contribution < 1.29 is 9.53 Å². The Morgan fingerprint density at radius 2 is 2.00 bits per heavy atom. The van der Waals surface area contributed by atoms with Crippen LogP contribution in [-0.2, 0) is 11.2 Å². The van der Waals surface area contributed by atoms with Crippen LogP contribution in [0, 0.1) is 0 Å². The van der Waals surface area contributed by atoms with E-state index in [1.54, 1.807) is 0 Å². The van der Waals surface area contributed by atoms with E-state index in [9.17, 15) is 4.79 Å². The van der Waals surface area contributed by atoms with Gasteiger partial charge in [0.1, 0.15) is 6.61 Å². The fraction of sp³-hybridized carbons (Fsp3) is 0.200. The molecule has 4 heteroatoms. The Hall–Kier alpha value is -1.42. The lowest BCUT2D eigenvalue weighted by atomic mass is 10.1. The number of carbonyl (C=O) groups excluding carboxylic acids is 1. The highest BCUT2D eigenvalue weighted by Gasteiger charge is 2.01. The summed E-state index contributed by atoms with van der Waals surface area (Å²) in [5.41, 5.74) is 5.92. The number of amides is 1. The van der Waals surface area contributed by atoms with E-state index < -0.39 is 6.09 Å². The molecule has 14 heavy (non-hydrogen) atoms. The SMILES string of the molecule is NC(=O)OCC(=S)Cc1ccccc1. The van der Waals surface area contributed by atoms with Gasteiger partial charge in [0.05, 0.1) is 0 Å². The first kappa shape index (κ1) is 10.7. The second kappa shape index (κ2) is 5.34. The molecule has 0 aliphatic heterocycles. The molecule has 2 N–H and O–H groups in total. The van der Waals surface area contributed by atoms with E-state index in [2.05, 4.69) is 4.74 Å². The number of thiocarbonyl (C=S) groups is 1. The molecule has 0 radical (unpaired) electrons. The minimum Gasteiger partial charge on any atom is -0.444 e. The lowest BCUT2D eigenvalue weighted by Gasteiger charge is -2.03. The normalized spacial score (nSPS) is 9.43. The van der Waals surface area contributed by atoms with Crippen LogP contribution < -0.4 is 5.73 Å². The third-order valence-electron chi connectivity index (χ3n) is 1.62. The topological polar surface area (TPSA) is 52.3 Å². The van der Waals surface area contributed by atoms with Crippen molar-refractivity contribution in [3.63, 3.8) is 0 Å². The number of hydrogen-bond acceptors (Lipinski definition) is 3. The van der Waals surface area contributed by atoms with Gasteiger partial charge < -0.3 is 10.5 Å². The Labute approximate surface area is 87.9 Å². The highest BCUT2D eigenvalue weighted by molar-refractivity contribution is 7.80. The number of primary amides is 1. The second-order valence-corrected chi connectivity index (χ2v) is 3.39. The Bertz CT molecular complexity index is 324. The molecule has 1 rings (SSSR count). The summed E-state index contributed by atoms with van der Waals surface area (Å²) in [6.45, 7) is 0.111. The molecular formula is C10H11NO2S. The van der Waals surface area contributed by atoms with Crippen LogP contribution in [0.1, 0.15) is 5.56 Å². The number of ether oxygens (including phenoxy) is 1. The maximum absolute atomic E-state index is 10.3. The summed E-state index contributed by atoms with van der Waals surface area (Å²) >= 11 is 5.02. The van der Waals surface area contributed by atoms with Crippen molar-refractivity contribution in [2.24, 2.45) is 5.73 Å². The Morgan fingerprint density at radius 1 is 1.36 bits per heavy atom. The van der Waals surface area contributed by atoms with Gasteiger partial charge in [0.15, 0.2) is 0 Å². The number of benzene rings is 1. The standard InChI is InChI=1S/C10H11NO2S/c11-10(12)13-7-9(14)6-8-4-2-1-3-5-8/h1-5H,6-7H2,(H2,11,12). The molecular weight excluding hydrogens is 198 g/mol. The zero-order chi connectivity index (χ0) is 10.4. The minimum absolute atomic E-state index is 0.111. The fourth-order valence-electron chi connectivity index (χ4n) is 1.03. The largest absolute Gasteiger partial charge is 0.444 e. The van der Waals surface area contributed by atoms with Crippen LogP contribution >= 0.6 is 12.2 Å². The Kier molecular flexibility index (Phi) is 4.07. The number of nitrogens with two attached hydrogens (primary N) is 1. The summed E-state index contributed by atoms with van der Waals surface area (Å²) in [5, 5.41) is 0. The fourth-order valence-corrected chi connectivity index (χ4v) is 1.25. The van der Waals surface area contributed by atoms with Gasteiger partial charge in [0, 0.05) is 11.3 Å². The first-order valence-corrected chi connectivity index (χ1v) is 4.57. The van der Waals surface area contributed by atoms with Crippen molar-refractivity contribution >= 4 is 23.2 Å². The minimum atomic E-state index is -0.791. The van der Waals surface area contributed by atoms with Gasteiger partial charge in [-0.15, -0.1) is 0 Å². The van der Waals surface area contributed by atoms with E-state index in [4.69, 9.17) is 18.0 Å². The smallest absolute Gasteiger partial charge is 0.404 e. The van der Waals surface area contributed by atoms with Gasteiger partial charge >= 0.3 is 6.09 Å². The van der Waals surface area contributed by atoms with Crippen molar-refractivity contribution in [2.45, 2.75) is 6.42 Å². The van der Waals surface area contributed by atoms with Crippen LogP contribution in [0.3, 0.4) is 0 Å². The number of carbonyl (C=O) groups is 1. The predicted molar refractivity (Wildman–Crippen MR) is 58.3 cm³/mol. The molecule has 0 aromatic heterocycles. The monoisotopic (exact) mass is 209 g/mol. The molecule has 0 spiro atoms. The second-order valence-electron chi connectivity index (χ2n) is 2.81. The van der Waals surface area contributed by atoms with Crippen LogP contribution in [0.25, 0.3) is 0 Å². The molecule has 1 aromatic carbocycles. The van der Waals surface area contributed by atoms with E-state index >= 15 is 0 Å². The first-order valence-electron chi connectivity index (χ1n) is 4.16. The summed E-state index contributed by atoms with van der Waals surface area (Å²) in [5.74, 6) is 0. The summed E-state index contributed by atoms with van der Waals surface area (Å²) in [6.07, 6.45) is -0.163. The third kappa shape index (κ3) is 4.00. The van der Waals surface area contributed by atoms with Crippen LogP contribution in [0.5, 0.6) is 0 Å². The van der Waals surface area contributed by atoms with Crippen molar-refractivity contribution in [1.29, 1.82) is 0 Å². The predicted octanol–water partition coefficient (Wildman–Crippen LogP) is 1.69. The number of hydrogen-bond donors (Lipinski definition) is 1. The molecule has 1 aromatic rings. The summed E-state index contributed by atoms with van der Waals surface area (Å²) in [7, 11) is 0. The summed E-state index contributed by atoms with van der Waals surface area (Å²) in [4.78, 5) is 11.0. The highest BCUT2D eigenvalue weighted by atomic mass is 32.1. The van der Waals surface area contributed by atoms with Gasteiger partial charge in [-0.05, 0) is 5.56 Å². The van der Waals surface area contributed by atoms with Crippen molar-refractivity contribution in [1.82, 2.24) is 0 Å². The van der Waals surface area contributed by atoms with Crippen molar-refractivity contribution in [2.75, 3.05) is 6.61 Å². The van der Waals surface area contributed by atoms with Crippen LogP contribution in [0.2, 0.25) is 0 Å². The van der Waals surface area contributed by atoms with Crippen molar-refractivity contribution in [3.8, 4) is 0 Å². The number of rotatable bonds is 4. The molecule has 0 fully saturated rings. The lowest BCUT2D eigenvalue weighted by Crippen LogP contribution is -2.18. The van der Waals surface area contributed by atoms with Crippen molar-refractivity contribution in [3.05, 3.63) is 35.9 Å². The van der Waals surface area contributed by atoms with Gasteiger partial charge in [-0.1, -0.05) is 42.5 Å². The molecule has 3 nitrogen and oxygen atoms in total. The van der Waals surface area contributed by atoms with E-state index in [1.165, 1.54) is 0 Å². The van der Waals surface area contributed by atoms with Gasteiger partial charge in [0.2, 0.25) is 0 Å². The molecule has 0 unspecified atom stereocenters. The molecule has 1 amide bonds. The van der Waals surface area contributed by atoms with E-state index in [0.29, 0.717) is 11.3 Å². The van der Waals surface area contributed by atoms with Gasteiger partial charge in [0.25, 0.3) is 0 Å². The van der Waals surface area contributed by atoms with Gasteiger partial charge in [-0.25, -0.2) is 4.79 Å². The molecule has 0 saturated heterocycles. The maximum atomic E-state index is 10.3. The molecule has 0 bridgehead atoms. The molecule has 0 aliphatic carbocycles. The zero-order valence-corrected chi connectivity index (χ0v) is 8.42. The third-order valence-corrected chi connectivity index (χ3v) is 1.88. The zero-order valence-electron chi connectivity index (χ0n) is 7.60. The molecule has 0 aliphatic rings. The summed E-state index contributed by atoms with van der Waals surface area (Å²) in [6, 6.07) is 9.75. The summed E-state index contributed by atoms with van der Waals surface area (Å²) < 4.78 is 4.57. The van der Waals surface area contributed by atoms with Gasteiger partial charge in [-0.2, -0.15) is 0 Å². The lowest BCUT2D eigenvalue weighted by molar-refractivity contribution is 0.173. The quantitative estimate of drug-likeness (QED) is 0.768. The average molecular weight is 209 g/mol. The molecule has 0 saturated carbocycles. The Morgan fingerprint density at radius 3 is 2.57 bits per heavy atom. The van der Waals surface area contributed by atoms with E-state index in [1.807, 2.05) is 30.3 Å². The van der Waals surface area contributed by atoms with E-state index in [-0.39, 0.29) is 6.61 Å². The van der Waals surface area contributed by atoms with Crippen LogP contribution in [-0.4, -0.2) is 17.6 Å². The Balaban J connectivity index is 2.38. The van der Waals surface area contributed by atoms with Crippen LogP contribution in [0.4, 0.5) is 4.79 Å².